The van der Waals surface area contributed by atoms with Gasteiger partial charge in [0.2, 0.25) is 5.43 Å². The SMILES string of the molecule is C=C[C@@]1(C)C[C@H](OC(=O)CSC2CC3CCC(C2)N3C)[C@@](C)(CCCC)C2C(=O)CCC2(C)[C@H](C)[C@H]1OC(=O)CCCCCCCCCOC(=O)c1cn2c3c(c(N4CCC(O)CC4)c(F)cc3c1=O)CCC2C. The third-order valence-corrected chi connectivity index (χ3v) is 20.8. The molecule has 14 heteroatoms. The molecule has 5 fully saturated rings. The monoisotopic (exact) mass is 1050 g/mol. The van der Waals surface area contributed by atoms with Crippen molar-refractivity contribution in [2.45, 2.75) is 224 Å². The minimum atomic E-state index is -0.713. The first kappa shape index (κ1) is 56.5. The van der Waals surface area contributed by atoms with E-state index in [1.807, 2.05) is 22.5 Å². The van der Waals surface area contributed by atoms with Crippen molar-refractivity contribution in [1.82, 2.24) is 9.47 Å². The molecular formula is C60H88FN3O9S. The molecule has 8 rings (SSSR count). The molecule has 410 valence electrons. The summed E-state index contributed by atoms with van der Waals surface area (Å²) in [5.41, 5.74) is -0.396. The van der Waals surface area contributed by atoms with Crippen LogP contribution >= 0.6 is 11.8 Å². The Morgan fingerprint density at radius 1 is 0.905 bits per heavy atom. The number of aliphatic hydroxyl groups is 1. The van der Waals surface area contributed by atoms with Crippen LogP contribution in [0, 0.1) is 33.9 Å². The molecule has 1 aromatic carbocycles. The lowest BCUT2D eigenvalue weighted by Gasteiger charge is -2.56. The van der Waals surface area contributed by atoms with Gasteiger partial charge in [0.25, 0.3) is 0 Å². The average molecular weight is 1050 g/mol. The fourth-order valence-corrected chi connectivity index (χ4v) is 15.9. The van der Waals surface area contributed by atoms with Gasteiger partial charge in [-0.3, -0.25) is 19.2 Å². The van der Waals surface area contributed by atoms with E-state index in [9.17, 15) is 29.1 Å². The quantitative estimate of drug-likeness (QED) is 0.0550. The number of hydrogen-bond donors (Lipinski definition) is 1. The predicted octanol–water partition coefficient (Wildman–Crippen LogP) is 11.5. The van der Waals surface area contributed by atoms with Crippen molar-refractivity contribution in [3.63, 3.8) is 0 Å². The molecule has 6 aliphatic rings. The number of hydrogen-bond acceptors (Lipinski definition) is 12. The highest BCUT2D eigenvalue weighted by Gasteiger charge is 2.64. The Labute approximate surface area is 444 Å². The molecule has 10 atom stereocenters. The van der Waals surface area contributed by atoms with Gasteiger partial charge in [0.15, 0.2) is 0 Å². The largest absolute Gasteiger partial charge is 0.462 e. The van der Waals surface area contributed by atoms with Gasteiger partial charge in [0.05, 0.1) is 29.7 Å². The number of nitrogens with zero attached hydrogens (tertiary/aromatic N) is 3. The fourth-order valence-electron chi connectivity index (χ4n) is 14.8. The topological polar surface area (TPSA) is 145 Å². The van der Waals surface area contributed by atoms with Crippen molar-refractivity contribution in [3.8, 4) is 0 Å². The number of aryl methyl sites for hydroxylation is 1. The minimum Gasteiger partial charge on any atom is -0.462 e. The summed E-state index contributed by atoms with van der Waals surface area (Å²) in [6.45, 7) is 18.4. The molecule has 0 amide bonds. The smallest absolute Gasteiger partial charge is 0.343 e. The van der Waals surface area contributed by atoms with Crippen LogP contribution in [0.4, 0.5) is 10.1 Å². The Hall–Kier alpha value is -3.75. The van der Waals surface area contributed by atoms with Gasteiger partial charge in [-0.15, -0.1) is 18.3 Å². The third-order valence-electron chi connectivity index (χ3n) is 19.5. The Bertz CT molecular complexity index is 2420. The van der Waals surface area contributed by atoms with E-state index < -0.39 is 45.7 Å². The van der Waals surface area contributed by atoms with Crippen LogP contribution in [0.15, 0.2) is 29.7 Å². The number of piperidine rings is 2. The van der Waals surface area contributed by atoms with Crippen LogP contribution in [0.3, 0.4) is 0 Å². The number of pyridine rings is 1. The van der Waals surface area contributed by atoms with Gasteiger partial charge < -0.3 is 33.7 Å². The van der Waals surface area contributed by atoms with Crippen LogP contribution in [0.5, 0.6) is 0 Å². The van der Waals surface area contributed by atoms with Crippen molar-refractivity contribution in [1.29, 1.82) is 0 Å². The number of carbonyl (C=O) groups is 4. The van der Waals surface area contributed by atoms with Crippen LogP contribution in [0.1, 0.15) is 198 Å². The number of Topliss-reactive ketones (excluding diaryl/α,β-unsaturated/α-hetero) is 1. The number of halogens is 1. The molecule has 5 heterocycles. The van der Waals surface area contributed by atoms with Gasteiger partial charge in [-0.1, -0.05) is 85.6 Å². The molecule has 0 spiro atoms. The molecule has 0 radical (unpaired) electrons. The highest BCUT2D eigenvalue weighted by atomic mass is 32.2. The number of aliphatic hydroxyl groups excluding tert-OH is 1. The van der Waals surface area contributed by atoms with E-state index in [4.69, 9.17) is 14.2 Å². The highest BCUT2D eigenvalue weighted by Crippen LogP contribution is 2.62. The number of ether oxygens (including phenoxy) is 3. The van der Waals surface area contributed by atoms with Crippen molar-refractivity contribution in [2.24, 2.45) is 28.1 Å². The summed E-state index contributed by atoms with van der Waals surface area (Å²) >= 11 is 1.73. The van der Waals surface area contributed by atoms with Crippen molar-refractivity contribution in [2.75, 3.05) is 37.4 Å². The molecule has 1 aromatic heterocycles. The number of anilines is 1. The van der Waals surface area contributed by atoms with E-state index >= 15 is 4.39 Å². The number of rotatable bonds is 21. The summed E-state index contributed by atoms with van der Waals surface area (Å²) in [5.74, 6) is -1.61. The first-order valence-electron chi connectivity index (χ1n) is 28.7. The number of benzene rings is 1. The first-order chi connectivity index (χ1) is 35.3. The molecular weight excluding hydrogens is 958 g/mol. The van der Waals surface area contributed by atoms with Crippen molar-refractivity contribution in [3.05, 3.63) is 52.1 Å². The molecule has 1 N–H and O–H groups in total. The van der Waals surface area contributed by atoms with Gasteiger partial charge in [-0.25, -0.2) is 9.18 Å². The minimum absolute atomic E-state index is 0.0150. The summed E-state index contributed by atoms with van der Waals surface area (Å²) in [6.07, 6.45) is 19.5. The van der Waals surface area contributed by atoms with Gasteiger partial charge in [-0.2, -0.15) is 0 Å². The van der Waals surface area contributed by atoms with E-state index in [1.54, 1.807) is 18.0 Å². The van der Waals surface area contributed by atoms with Crippen LogP contribution in [0.25, 0.3) is 10.9 Å². The molecule has 3 saturated heterocycles. The summed E-state index contributed by atoms with van der Waals surface area (Å²) < 4.78 is 36.6. The highest BCUT2D eigenvalue weighted by molar-refractivity contribution is 8.00. The number of unbranched alkanes of at least 4 members (excludes halogenated alkanes) is 7. The van der Waals surface area contributed by atoms with E-state index in [-0.39, 0.29) is 71.4 Å². The summed E-state index contributed by atoms with van der Waals surface area (Å²) in [7, 11) is 2.23. The van der Waals surface area contributed by atoms with Crippen molar-refractivity contribution < 1.29 is 42.9 Å². The molecule has 74 heavy (non-hydrogen) atoms. The summed E-state index contributed by atoms with van der Waals surface area (Å²) in [4.78, 5) is 73.7. The number of fused-ring (bicyclic) bond motifs is 3. The zero-order chi connectivity index (χ0) is 53.1. The molecule has 12 nitrogen and oxygen atoms in total. The standard InChI is InChI=1S/C60H88FN3O9S/c1-9-11-27-60(7)49(72-51(68)37-74-43-32-40-21-22-41(33-43)62(40)8)35-58(5,10-2)56(39(4)59(6)28-24-48(66)55(59)60)73-50(67)19-17-15-13-12-14-16-18-31-71-57(70)46-36-64-38(3)20-23-44-52(64)45(54(46)69)34-47(61)53(44)63-29-25-42(65)26-30-63/h10,34,36,38-43,49,55-56,65H,2,9,11-33,35,37H2,1,3-8H3/t38?,39-,40?,41?,43?,49+,55?,56-,58+,59?,60-/m1/s1. The number of carbonyl (C=O) groups excluding carboxylic acids is 4. The normalized spacial score (nSPS) is 32.2. The first-order valence-corrected chi connectivity index (χ1v) is 29.8. The molecule has 2 aromatic rings. The number of esters is 3. The lowest BCUT2D eigenvalue weighted by molar-refractivity contribution is -0.192. The zero-order valence-electron chi connectivity index (χ0n) is 45.9. The maximum Gasteiger partial charge on any atom is 0.343 e. The second kappa shape index (κ2) is 23.9. The van der Waals surface area contributed by atoms with Crippen LogP contribution in [0.2, 0.25) is 0 Å². The maximum absolute atomic E-state index is 15.8. The van der Waals surface area contributed by atoms with E-state index in [0.29, 0.717) is 93.0 Å². The molecule has 4 aliphatic heterocycles. The van der Waals surface area contributed by atoms with Crippen LogP contribution in [-0.4, -0.2) is 106 Å². The predicted molar refractivity (Wildman–Crippen MR) is 291 cm³/mol. The van der Waals surface area contributed by atoms with Gasteiger partial charge >= 0.3 is 17.9 Å². The van der Waals surface area contributed by atoms with Crippen LogP contribution in [-0.2, 0) is 35.0 Å². The van der Waals surface area contributed by atoms with Gasteiger partial charge in [0, 0.05) is 89.1 Å². The van der Waals surface area contributed by atoms with E-state index in [0.717, 1.165) is 76.2 Å². The number of aromatic nitrogens is 1. The average Bonchev–Trinajstić information content (AvgIpc) is 3.78. The second-order valence-corrected chi connectivity index (χ2v) is 25.7. The maximum atomic E-state index is 15.8. The molecule has 2 bridgehead atoms. The lowest BCUT2D eigenvalue weighted by Crippen LogP contribution is -2.59. The molecule has 5 unspecified atom stereocenters. The van der Waals surface area contributed by atoms with Crippen LogP contribution < -0.4 is 10.3 Å². The molecule has 2 saturated carbocycles. The van der Waals surface area contributed by atoms with Crippen molar-refractivity contribution >= 4 is 52.0 Å². The van der Waals surface area contributed by atoms with Gasteiger partial charge in [0.1, 0.15) is 29.4 Å². The zero-order valence-corrected chi connectivity index (χ0v) is 46.7. The lowest BCUT2D eigenvalue weighted by atomic mass is 9.50. The Morgan fingerprint density at radius 3 is 2.26 bits per heavy atom. The van der Waals surface area contributed by atoms with E-state index in [1.165, 1.54) is 18.9 Å². The Balaban J connectivity index is 0.816. The second-order valence-electron chi connectivity index (χ2n) is 24.4. The Kier molecular flexibility index (Phi) is 18.2. The van der Waals surface area contributed by atoms with Gasteiger partial charge in [-0.05, 0) is 109 Å². The Morgan fingerprint density at radius 2 is 1.58 bits per heavy atom. The number of thioether (sulfide) groups is 1. The summed E-state index contributed by atoms with van der Waals surface area (Å²) in [5, 5.41) is 10.7. The van der Waals surface area contributed by atoms with E-state index in [2.05, 4.69) is 53.1 Å². The molecule has 2 aliphatic carbocycles. The summed E-state index contributed by atoms with van der Waals surface area (Å²) in [6, 6.07) is 2.48. The number of ketones is 1. The fraction of sp³-hybridized carbons (Fsp3) is 0.750. The third kappa shape index (κ3) is 11.6.